The van der Waals surface area contributed by atoms with E-state index in [9.17, 15) is 17.6 Å². The molecule has 29 heavy (non-hydrogen) atoms. The predicted molar refractivity (Wildman–Crippen MR) is 111 cm³/mol. The molecule has 5 nitrogen and oxygen atoms in total. The van der Waals surface area contributed by atoms with E-state index in [4.69, 9.17) is 0 Å². The molecule has 1 aliphatic heterocycles. The van der Waals surface area contributed by atoms with Crippen LogP contribution in [0.1, 0.15) is 60.1 Å². The first kappa shape index (κ1) is 21.5. The number of carbonyl (C=O) groups is 1. The minimum atomic E-state index is -3.63. The SMILES string of the molecule is Cc1ccc(S(=O)(=O)N2CCCCCC2)cc1C(=O)NC(C)c1ccc(F)cc1. The summed E-state index contributed by atoms with van der Waals surface area (Å²) in [6.45, 7) is 4.61. The van der Waals surface area contributed by atoms with Gasteiger partial charge in [-0.15, -0.1) is 0 Å². The van der Waals surface area contributed by atoms with Crippen molar-refractivity contribution in [3.05, 3.63) is 65.0 Å². The maximum absolute atomic E-state index is 13.1. The van der Waals surface area contributed by atoms with Crippen LogP contribution >= 0.6 is 0 Å². The Balaban J connectivity index is 1.82. The maximum atomic E-state index is 13.1. The first-order valence-corrected chi connectivity index (χ1v) is 11.4. The molecule has 2 aromatic rings. The minimum absolute atomic E-state index is 0.143. The molecule has 0 aliphatic carbocycles. The number of sulfonamides is 1. The topological polar surface area (TPSA) is 66.5 Å². The van der Waals surface area contributed by atoms with Crippen molar-refractivity contribution in [3.63, 3.8) is 0 Å². The molecule has 0 spiro atoms. The molecular weight excluding hydrogens is 391 g/mol. The highest BCUT2D eigenvalue weighted by atomic mass is 32.2. The number of carbonyl (C=O) groups excluding carboxylic acids is 1. The van der Waals surface area contributed by atoms with Crippen molar-refractivity contribution in [3.8, 4) is 0 Å². The fraction of sp³-hybridized carbons (Fsp3) is 0.409. The lowest BCUT2D eigenvalue weighted by Crippen LogP contribution is -2.32. The molecule has 3 rings (SSSR count). The van der Waals surface area contributed by atoms with Gasteiger partial charge >= 0.3 is 0 Å². The van der Waals surface area contributed by atoms with Crippen molar-refractivity contribution in [2.24, 2.45) is 0 Å². The molecule has 0 bridgehead atoms. The highest BCUT2D eigenvalue weighted by Gasteiger charge is 2.26. The Bertz CT molecular complexity index is 966. The van der Waals surface area contributed by atoms with Crippen molar-refractivity contribution in [1.82, 2.24) is 9.62 Å². The quantitative estimate of drug-likeness (QED) is 0.792. The molecule has 1 aliphatic rings. The average Bonchev–Trinajstić information content (AvgIpc) is 2.98. The van der Waals surface area contributed by atoms with Gasteiger partial charge in [-0.25, -0.2) is 12.8 Å². The van der Waals surface area contributed by atoms with Crippen LogP contribution in [0.2, 0.25) is 0 Å². The summed E-state index contributed by atoms with van der Waals surface area (Å²) in [4.78, 5) is 13.0. The Morgan fingerprint density at radius 3 is 2.28 bits per heavy atom. The lowest BCUT2D eigenvalue weighted by molar-refractivity contribution is 0.0939. The second-order valence-electron chi connectivity index (χ2n) is 7.54. The second kappa shape index (κ2) is 9.05. The summed E-state index contributed by atoms with van der Waals surface area (Å²) in [5.41, 5.74) is 1.80. The van der Waals surface area contributed by atoms with E-state index in [0.717, 1.165) is 31.2 Å². The van der Waals surface area contributed by atoms with E-state index in [1.807, 2.05) is 0 Å². The van der Waals surface area contributed by atoms with Gasteiger partial charge in [-0.3, -0.25) is 4.79 Å². The van der Waals surface area contributed by atoms with Crippen LogP contribution in [0.4, 0.5) is 4.39 Å². The molecule has 1 atom stereocenters. The number of hydrogen-bond acceptors (Lipinski definition) is 3. The summed E-state index contributed by atoms with van der Waals surface area (Å²) in [7, 11) is -3.63. The van der Waals surface area contributed by atoms with E-state index in [1.54, 1.807) is 38.1 Å². The van der Waals surface area contributed by atoms with Crippen LogP contribution in [-0.4, -0.2) is 31.7 Å². The molecule has 1 N–H and O–H groups in total. The number of amides is 1. The van der Waals surface area contributed by atoms with Crippen molar-refractivity contribution >= 4 is 15.9 Å². The molecule has 2 aromatic carbocycles. The first-order valence-electron chi connectivity index (χ1n) is 9.96. The molecule has 1 saturated heterocycles. The largest absolute Gasteiger partial charge is 0.346 e. The molecule has 1 amide bonds. The molecule has 0 aromatic heterocycles. The molecule has 7 heteroatoms. The Labute approximate surface area is 172 Å². The van der Waals surface area contributed by atoms with Crippen LogP contribution in [0, 0.1) is 12.7 Å². The average molecular weight is 419 g/mol. The van der Waals surface area contributed by atoms with Gasteiger partial charge < -0.3 is 5.32 Å². The lowest BCUT2D eigenvalue weighted by Gasteiger charge is -2.21. The van der Waals surface area contributed by atoms with Crippen LogP contribution in [-0.2, 0) is 10.0 Å². The van der Waals surface area contributed by atoms with E-state index < -0.39 is 10.0 Å². The van der Waals surface area contributed by atoms with Gasteiger partial charge in [0, 0.05) is 18.7 Å². The molecule has 156 valence electrons. The number of benzene rings is 2. The van der Waals surface area contributed by atoms with Gasteiger partial charge in [0.25, 0.3) is 5.91 Å². The van der Waals surface area contributed by atoms with Crippen molar-refractivity contribution in [1.29, 1.82) is 0 Å². The van der Waals surface area contributed by atoms with Gasteiger partial charge in [-0.2, -0.15) is 4.31 Å². The van der Waals surface area contributed by atoms with Gasteiger partial charge in [0.1, 0.15) is 5.82 Å². The minimum Gasteiger partial charge on any atom is -0.346 e. The van der Waals surface area contributed by atoms with Crippen LogP contribution < -0.4 is 5.32 Å². The van der Waals surface area contributed by atoms with Gasteiger partial charge in [0.05, 0.1) is 10.9 Å². The number of aryl methyl sites for hydroxylation is 1. The molecule has 0 radical (unpaired) electrons. The Hall–Kier alpha value is -2.25. The van der Waals surface area contributed by atoms with E-state index >= 15 is 0 Å². The Morgan fingerprint density at radius 1 is 1.03 bits per heavy atom. The third-order valence-corrected chi connectivity index (χ3v) is 7.27. The summed E-state index contributed by atoms with van der Waals surface area (Å²) in [5, 5.41) is 2.87. The van der Waals surface area contributed by atoms with Crippen molar-refractivity contribution in [2.75, 3.05) is 13.1 Å². The van der Waals surface area contributed by atoms with Crippen LogP contribution in [0.5, 0.6) is 0 Å². The van der Waals surface area contributed by atoms with Crippen LogP contribution in [0.3, 0.4) is 0 Å². The zero-order chi connectivity index (χ0) is 21.0. The number of rotatable bonds is 5. The third-order valence-electron chi connectivity index (χ3n) is 5.37. The Kier molecular flexibility index (Phi) is 6.70. The molecule has 1 heterocycles. The summed E-state index contributed by atoms with van der Waals surface area (Å²) >= 11 is 0. The summed E-state index contributed by atoms with van der Waals surface area (Å²) in [6.07, 6.45) is 3.78. The number of nitrogens with zero attached hydrogens (tertiary/aromatic N) is 1. The summed E-state index contributed by atoms with van der Waals surface area (Å²) in [5.74, 6) is -0.693. The van der Waals surface area contributed by atoms with Crippen LogP contribution in [0.25, 0.3) is 0 Å². The molecule has 1 unspecified atom stereocenters. The van der Waals surface area contributed by atoms with Crippen LogP contribution in [0.15, 0.2) is 47.4 Å². The second-order valence-corrected chi connectivity index (χ2v) is 9.48. The fourth-order valence-electron chi connectivity index (χ4n) is 3.55. The van der Waals surface area contributed by atoms with E-state index in [2.05, 4.69) is 5.32 Å². The highest BCUT2D eigenvalue weighted by Crippen LogP contribution is 2.23. The number of halogens is 1. The fourth-order valence-corrected chi connectivity index (χ4v) is 5.09. The Morgan fingerprint density at radius 2 is 1.66 bits per heavy atom. The standard InChI is InChI=1S/C22H27FN2O3S/c1-16-7-12-20(29(27,28)25-13-5-3-4-6-14-25)15-21(16)22(26)24-17(2)18-8-10-19(23)11-9-18/h7-12,15,17H,3-6,13-14H2,1-2H3,(H,24,26). The number of nitrogens with one attached hydrogen (secondary N) is 1. The zero-order valence-electron chi connectivity index (χ0n) is 16.8. The van der Waals surface area contributed by atoms with Gasteiger partial charge in [-0.1, -0.05) is 31.0 Å². The molecular formula is C22H27FN2O3S. The van der Waals surface area contributed by atoms with E-state index in [1.165, 1.54) is 22.5 Å². The lowest BCUT2D eigenvalue weighted by atomic mass is 10.1. The molecule has 0 saturated carbocycles. The van der Waals surface area contributed by atoms with Gasteiger partial charge in [-0.05, 0) is 62.1 Å². The first-order chi connectivity index (χ1) is 13.8. The smallest absolute Gasteiger partial charge is 0.252 e. The highest BCUT2D eigenvalue weighted by molar-refractivity contribution is 7.89. The van der Waals surface area contributed by atoms with Crippen molar-refractivity contribution < 1.29 is 17.6 Å². The summed E-state index contributed by atoms with van der Waals surface area (Å²) in [6, 6.07) is 10.3. The van der Waals surface area contributed by atoms with Gasteiger partial charge in [0.2, 0.25) is 10.0 Å². The van der Waals surface area contributed by atoms with Crippen molar-refractivity contribution in [2.45, 2.75) is 50.5 Å². The predicted octanol–water partition coefficient (Wildman–Crippen LogP) is 4.19. The zero-order valence-corrected chi connectivity index (χ0v) is 17.6. The third kappa shape index (κ3) is 5.03. The monoisotopic (exact) mass is 418 g/mol. The number of hydrogen-bond donors (Lipinski definition) is 1. The maximum Gasteiger partial charge on any atom is 0.252 e. The normalized spacial score (nSPS) is 16.8. The molecule has 1 fully saturated rings. The summed E-state index contributed by atoms with van der Waals surface area (Å²) < 4.78 is 40.8. The van der Waals surface area contributed by atoms with Gasteiger partial charge in [0.15, 0.2) is 0 Å². The van der Waals surface area contributed by atoms with E-state index in [-0.39, 0.29) is 22.7 Å². The van der Waals surface area contributed by atoms with E-state index in [0.29, 0.717) is 24.2 Å².